The molecule has 0 radical (unpaired) electrons. The van der Waals surface area contributed by atoms with E-state index in [4.69, 9.17) is 0 Å². The molecule has 0 N–H and O–H groups in total. The molecule has 0 aromatic rings. The van der Waals surface area contributed by atoms with Crippen molar-refractivity contribution in [1.82, 2.24) is 0 Å². The van der Waals surface area contributed by atoms with Crippen LogP contribution in [0.15, 0.2) is 16.6 Å². The zero-order valence-electron chi connectivity index (χ0n) is 8.73. The number of rotatable bonds is 2. The second-order valence-corrected chi connectivity index (χ2v) is 2.21. The summed E-state index contributed by atoms with van der Waals surface area (Å²) in [7, 11) is 1.81. The quantitative estimate of drug-likeness (QED) is 0.541. The molecule has 0 saturated carbocycles. The van der Waals surface area contributed by atoms with Gasteiger partial charge in [-0.05, 0) is 26.3 Å². The molecule has 1 nitrogen and oxygen atoms in total. The van der Waals surface area contributed by atoms with Gasteiger partial charge in [-0.2, -0.15) is 0 Å². The molecule has 0 fully saturated rings. The van der Waals surface area contributed by atoms with Crippen LogP contribution in [0.5, 0.6) is 0 Å². The third-order valence-electron chi connectivity index (χ3n) is 1.37. The van der Waals surface area contributed by atoms with Crippen molar-refractivity contribution in [1.29, 1.82) is 0 Å². The monoisotopic (exact) mass is 159 g/mol. The van der Waals surface area contributed by atoms with Crippen LogP contribution in [0.4, 0.5) is 0 Å². The summed E-state index contributed by atoms with van der Waals surface area (Å²) in [5.74, 6) is 0. The summed E-state index contributed by atoms with van der Waals surface area (Å²) >= 11 is 0. The summed E-state index contributed by atoms with van der Waals surface area (Å²) in [5, 5.41) is 0. The second kappa shape index (κ2) is 9.41. The smallest absolute Gasteiger partial charge is 0.0313 e. The Kier molecular flexibility index (Phi) is 11.1. The van der Waals surface area contributed by atoms with E-state index < -0.39 is 0 Å². The fourth-order valence-electron chi connectivity index (χ4n) is 0.523. The summed E-state index contributed by atoms with van der Waals surface area (Å²) in [4.78, 5) is 4.02. The number of nitrogens with zero attached hydrogens (tertiary/aromatic N) is 1. The van der Waals surface area contributed by atoms with Crippen LogP contribution < -0.4 is 0 Å². The van der Waals surface area contributed by atoms with Crippen molar-refractivity contribution < 1.29 is 2.85 Å². The molecular formula is C10H25N. The van der Waals surface area contributed by atoms with Crippen molar-refractivity contribution in [3.05, 3.63) is 11.6 Å². The first-order valence-corrected chi connectivity index (χ1v) is 4.31. The van der Waals surface area contributed by atoms with Gasteiger partial charge in [-0.1, -0.05) is 26.3 Å². The normalized spacial score (nSPS) is 12.2. The topological polar surface area (TPSA) is 12.4 Å². The largest absolute Gasteiger partial charge is 0.293 e. The molecular weight excluding hydrogens is 134 g/mol. The van der Waals surface area contributed by atoms with Crippen LogP contribution in [0.25, 0.3) is 0 Å². The number of hydrogen-bond acceptors (Lipinski definition) is 1. The standard InChI is InChI=1S/C8H15N.C2H6.2H2/c1-5-7(2)6-8(3)9-4;1-2;;/h6H,5H2,1-4H3;1-2H3;2*1H/b7-6-,9-8?;;;. The van der Waals surface area contributed by atoms with Gasteiger partial charge in [-0.3, -0.25) is 4.99 Å². The lowest BCUT2D eigenvalue weighted by atomic mass is 10.2. The third kappa shape index (κ3) is 9.41. The van der Waals surface area contributed by atoms with E-state index in [0.717, 1.165) is 12.1 Å². The highest BCUT2D eigenvalue weighted by Gasteiger charge is 1.83. The van der Waals surface area contributed by atoms with Gasteiger partial charge in [0.05, 0.1) is 0 Å². The van der Waals surface area contributed by atoms with E-state index in [1.807, 2.05) is 27.8 Å². The molecule has 0 aliphatic heterocycles. The molecule has 1 heteroatoms. The average Bonchev–Trinajstić information content (AvgIpc) is 2.07. The van der Waals surface area contributed by atoms with Crippen LogP contribution in [0, 0.1) is 0 Å². The van der Waals surface area contributed by atoms with Crippen LogP contribution in [-0.4, -0.2) is 12.8 Å². The molecule has 0 amide bonds. The maximum absolute atomic E-state index is 4.02. The lowest BCUT2D eigenvalue weighted by Gasteiger charge is -1.92. The van der Waals surface area contributed by atoms with Crippen molar-refractivity contribution in [3.8, 4) is 0 Å². The van der Waals surface area contributed by atoms with Crippen molar-refractivity contribution >= 4 is 5.71 Å². The molecule has 0 atom stereocenters. The highest BCUT2D eigenvalue weighted by molar-refractivity contribution is 5.93. The minimum atomic E-state index is 0. The molecule has 0 heterocycles. The van der Waals surface area contributed by atoms with Gasteiger partial charge in [-0.15, -0.1) is 0 Å². The second-order valence-electron chi connectivity index (χ2n) is 2.21. The molecule has 0 aromatic heterocycles. The Hall–Kier alpha value is -0.590. The van der Waals surface area contributed by atoms with E-state index in [1.54, 1.807) is 0 Å². The molecule has 0 aliphatic carbocycles. The molecule has 0 aromatic carbocycles. The lowest BCUT2D eigenvalue weighted by molar-refractivity contribution is 1.10. The van der Waals surface area contributed by atoms with Gasteiger partial charge in [0.1, 0.15) is 0 Å². The number of allylic oxidation sites excluding steroid dienone is 2. The molecule has 0 unspecified atom stereocenters. The Morgan fingerprint density at radius 3 is 2.09 bits per heavy atom. The van der Waals surface area contributed by atoms with Gasteiger partial charge >= 0.3 is 0 Å². The van der Waals surface area contributed by atoms with E-state index in [-0.39, 0.29) is 2.85 Å². The summed E-state index contributed by atoms with van der Waals surface area (Å²) in [6.45, 7) is 10.3. The lowest BCUT2D eigenvalue weighted by Crippen LogP contribution is -1.85. The van der Waals surface area contributed by atoms with Crippen LogP contribution in [0.3, 0.4) is 0 Å². The predicted octanol–water partition coefficient (Wildman–Crippen LogP) is 3.95. The fraction of sp³-hybridized carbons (Fsp3) is 0.700. The zero-order chi connectivity index (χ0) is 9.28. The molecule has 0 spiro atoms. The van der Waals surface area contributed by atoms with Crippen molar-refractivity contribution in [3.63, 3.8) is 0 Å². The maximum atomic E-state index is 4.02. The molecule has 0 bridgehead atoms. The van der Waals surface area contributed by atoms with Gasteiger partial charge in [0.2, 0.25) is 0 Å². The van der Waals surface area contributed by atoms with Gasteiger partial charge in [0, 0.05) is 15.6 Å². The first-order chi connectivity index (χ1) is 5.20. The summed E-state index contributed by atoms with van der Waals surface area (Å²) in [5.41, 5.74) is 2.49. The maximum Gasteiger partial charge on any atom is 0.0313 e. The summed E-state index contributed by atoms with van der Waals surface area (Å²) < 4.78 is 0. The minimum Gasteiger partial charge on any atom is -0.293 e. The Labute approximate surface area is 74.2 Å². The van der Waals surface area contributed by atoms with Crippen LogP contribution in [-0.2, 0) is 0 Å². The molecule has 0 aliphatic rings. The zero-order valence-corrected chi connectivity index (χ0v) is 8.73. The van der Waals surface area contributed by atoms with E-state index >= 15 is 0 Å². The summed E-state index contributed by atoms with van der Waals surface area (Å²) in [6.07, 6.45) is 3.23. The Bertz CT molecular complexity index is 140. The third-order valence-corrected chi connectivity index (χ3v) is 1.37. The molecule has 0 saturated heterocycles. The van der Waals surface area contributed by atoms with Gasteiger partial charge in [0.25, 0.3) is 0 Å². The first kappa shape index (κ1) is 13.0. The van der Waals surface area contributed by atoms with Crippen molar-refractivity contribution in [2.24, 2.45) is 4.99 Å². The SMILES string of the molecule is CC.CC/C(C)=C\C(C)=NC.[HH].[HH]. The highest BCUT2D eigenvalue weighted by Crippen LogP contribution is 1.97. The van der Waals surface area contributed by atoms with Gasteiger partial charge in [0.15, 0.2) is 0 Å². The van der Waals surface area contributed by atoms with E-state index in [9.17, 15) is 0 Å². The average molecular weight is 159 g/mol. The predicted molar refractivity (Wildman–Crippen MR) is 58.7 cm³/mol. The number of aliphatic imine (C=N–C) groups is 1. The van der Waals surface area contributed by atoms with E-state index in [0.29, 0.717) is 0 Å². The van der Waals surface area contributed by atoms with Crippen LogP contribution in [0.2, 0.25) is 0 Å². The van der Waals surface area contributed by atoms with E-state index in [2.05, 4.69) is 24.9 Å². The molecule has 70 valence electrons. The van der Waals surface area contributed by atoms with Crippen molar-refractivity contribution in [2.75, 3.05) is 7.05 Å². The summed E-state index contributed by atoms with van der Waals surface area (Å²) in [6, 6.07) is 0. The van der Waals surface area contributed by atoms with Gasteiger partial charge in [-0.25, -0.2) is 0 Å². The Morgan fingerprint density at radius 2 is 1.82 bits per heavy atom. The highest BCUT2D eigenvalue weighted by atomic mass is 14.7. The minimum absolute atomic E-state index is 0. The molecule has 11 heavy (non-hydrogen) atoms. The van der Waals surface area contributed by atoms with Crippen LogP contribution >= 0.6 is 0 Å². The van der Waals surface area contributed by atoms with Gasteiger partial charge < -0.3 is 0 Å². The van der Waals surface area contributed by atoms with Crippen LogP contribution in [0.1, 0.15) is 43.9 Å². The Morgan fingerprint density at radius 1 is 1.36 bits per heavy atom. The number of hydrogen-bond donors (Lipinski definition) is 0. The van der Waals surface area contributed by atoms with E-state index in [1.165, 1.54) is 5.57 Å². The van der Waals surface area contributed by atoms with Crippen molar-refractivity contribution in [2.45, 2.75) is 41.0 Å². The Balaban J connectivity index is -0.0000000941. The first-order valence-electron chi connectivity index (χ1n) is 4.31. The molecule has 0 rings (SSSR count). The fourth-order valence-corrected chi connectivity index (χ4v) is 0.523.